The lowest BCUT2D eigenvalue weighted by Crippen LogP contribution is -2.16. The van der Waals surface area contributed by atoms with Crippen molar-refractivity contribution in [2.75, 3.05) is 4.90 Å². The van der Waals surface area contributed by atoms with E-state index in [0.29, 0.717) is 38.7 Å². The molecule has 190 valence electrons. The fourth-order valence-corrected chi connectivity index (χ4v) is 4.84. The summed E-state index contributed by atoms with van der Waals surface area (Å²) in [6.07, 6.45) is 0. The molecule has 0 saturated carbocycles. The predicted molar refractivity (Wildman–Crippen MR) is 146 cm³/mol. The van der Waals surface area contributed by atoms with E-state index in [1.54, 1.807) is 36.4 Å². The molecule has 5 rings (SSSR count). The fraction of sp³-hybridized carbons (Fsp3) is 0.0370. The molecule has 2 heterocycles. The lowest BCUT2D eigenvalue weighted by Gasteiger charge is -2.23. The maximum absolute atomic E-state index is 11.2. The van der Waals surface area contributed by atoms with Crippen LogP contribution in [0.2, 0.25) is 10.0 Å². The Bertz CT molecular complexity index is 1630. The summed E-state index contributed by atoms with van der Waals surface area (Å²) >= 11 is 13.9. The number of carboxylic acid groups (broad SMARTS) is 2. The summed E-state index contributed by atoms with van der Waals surface area (Å²) in [4.78, 5) is 29.1. The van der Waals surface area contributed by atoms with Crippen molar-refractivity contribution in [3.05, 3.63) is 105 Å². The number of carboxylic acids is 2. The first kappa shape index (κ1) is 25.5. The number of aromatic carboxylic acids is 2. The maximum atomic E-state index is 11.2. The molecule has 2 N–H and O–H groups in total. The number of thiazole rings is 1. The largest absolute Gasteiger partial charge is 0.478 e. The van der Waals surface area contributed by atoms with E-state index in [1.165, 1.54) is 17.4 Å². The molecule has 38 heavy (non-hydrogen) atoms. The maximum Gasteiger partial charge on any atom is 0.358 e. The van der Waals surface area contributed by atoms with Crippen LogP contribution in [-0.4, -0.2) is 32.3 Å². The van der Waals surface area contributed by atoms with E-state index in [1.807, 2.05) is 40.6 Å². The number of rotatable bonds is 8. The molecule has 0 spiro atoms. The fourth-order valence-electron chi connectivity index (χ4n) is 3.70. The summed E-state index contributed by atoms with van der Waals surface area (Å²) in [5, 5.41) is 25.2. The van der Waals surface area contributed by atoms with E-state index in [-0.39, 0.29) is 11.3 Å². The zero-order chi connectivity index (χ0) is 26.8. The van der Waals surface area contributed by atoms with Crippen molar-refractivity contribution in [3.63, 3.8) is 0 Å². The van der Waals surface area contributed by atoms with Crippen LogP contribution < -0.4 is 4.90 Å². The number of halogens is 2. The van der Waals surface area contributed by atoms with E-state index in [0.717, 1.165) is 16.8 Å². The highest BCUT2D eigenvalue weighted by Crippen LogP contribution is 2.36. The standard InChI is InChI=1S/C27H17Cl2N3O5S/c28-20-10-9-19(11-21(20)29)32(27-30-23(14-38-27)16-5-7-18(8-6-16)25(33)34)13-15-1-3-17(4-2-15)24-12-22(26(35)36)31-37-24/h1-12,14H,13H2,(H,33,34)(H,35,36). The van der Waals surface area contributed by atoms with E-state index >= 15 is 0 Å². The Balaban J connectivity index is 1.45. The number of aromatic nitrogens is 2. The van der Waals surface area contributed by atoms with Crippen LogP contribution in [0.15, 0.2) is 82.7 Å². The lowest BCUT2D eigenvalue weighted by atomic mass is 10.1. The van der Waals surface area contributed by atoms with E-state index in [9.17, 15) is 9.59 Å². The molecule has 0 aliphatic rings. The zero-order valence-electron chi connectivity index (χ0n) is 19.3. The van der Waals surface area contributed by atoms with Crippen LogP contribution >= 0.6 is 34.5 Å². The Morgan fingerprint density at radius 2 is 1.58 bits per heavy atom. The van der Waals surface area contributed by atoms with Gasteiger partial charge in [-0.15, -0.1) is 11.3 Å². The van der Waals surface area contributed by atoms with Gasteiger partial charge in [0.1, 0.15) is 0 Å². The Labute approximate surface area is 230 Å². The van der Waals surface area contributed by atoms with E-state index in [2.05, 4.69) is 5.16 Å². The third kappa shape index (κ3) is 5.40. The summed E-state index contributed by atoms with van der Waals surface area (Å²) in [6, 6.07) is 20.7. The van der Waals surface area contributed by atoms with Gasteiger partial charge in [0.2, 0.25) is 0 Å². The second kappa shape index (κ2) is 10.7. The van der Waals surface area contributed by atoms with Gasteiger partial charge in [-0.3, -0.25) is 0 Å². The third-order valence-electron chi connectivity index (χ3n) is 5.67. The number of carbonyl (C=O) groups is 2. The quantitative estimate of drug-likeness (QED) is 0.198. The van der Waals surface area contributed by atoms with Gasteiger partial charge in [-0.25, -0.2) is 14.6 Å². The van der Waals surface area contributed by atoms with Gasteiger partial charge in [-0.05, 0) is 35.9 Å². The molecule has 5 aromatic rings. The molecule has 8 nitrogen and oxygen atoms in total. The van der Waals surface area contributed by atoms with Crippen molar-refractivity contribution < 1.29 is 24.3 Å². The predicted octanol–water partition coefficient (Wildman–Crippen LogP) is 7.51. The number of nitrogens with zero attached hydrogens (tertiary/aromatic N) is 3. The topological polar surface area (TPSA) is 117 Å². The normalized spacial score (nSPS) is 10.9. The first-order chi connectivity index (χ1) is 18.3. The van der Waals surface area contributed by atoms with Gasteiger partial charge in [-0.1, -0.05) is 64.8 Å². The van der Waals surface area contributed by atoms with Gasteiger partial charge in [0.05, 0.1) is 27.8 Å². The Hall–Kier alpha value is -4.18. The van der Waals surface area contributed by atoms with Gasteiger partial charge < -0.3 is 19.6 Å². The number of hydrogen-bond donors (Lipinski definition) is 2. The smallest absolute Gasteiger partial charge is 0.358 e. The summed E-state index contributed by atoms with van der Waals surface area (Å²) in [7, 11) is 0. The van der Waals surface area contributed by atoms with Crippen LogP contribution in [0.5, 0.6) is 0 Å². The van der Waals surface area contributed by atoms with Crippen molar-refractivity contribution in [3.8, 4) is 22.6 Å². The molecular weight excluding hydrogens is 549 g/mol. The summed E-state index contributed by atoms with van der Waals surface area (Å²) in [5.74, 6) is -1.79. The molecule has 0 radical (unpaired) electrons. The van der Waals surface area contributed by atoms with Crippen molar-refractivity contribution in [1.82, 2.24) is 10.1 Å². The Morgan fingerprint density at radius 3 is 2.21 bits per heavy atom. The van der Waals surface area contributed by atoms with Gasteiger partial charge in [-0.2, -0.15) is 0 Å². The van der Waals surface area contributed by atoms with Crippen molar-refractivity contribution in [1.29, 1.82) is 0 Å². The average molecular weight is 566 g/mol. The van der Waals surface area contributed by atoms with E-state index in [4.69, 9.17) is 42.9 Å². The monoisotopic (exact) mass is 565 g/mol. The molecule has 0 unspecified atom stereocenters. The minimum atomic E-state index is -1.16. The summed E-state index contributed by atoms with van der Waals surface area (Å²) < 4.78 is 5.15. The lowest BCUT2D eigenvalue weighted by molar-refractivity contribution is 0.0679. The van der Waals surface area contributed by atoms with Gasteiger partial charge in [0.15, 0.2) is 16.6 Å². The highest BCUT2D eigenvalue weighted by molar-refractivity contribution is 7.14. The van der Waals surface area contributed by atoms with Crippen LogP contribution in [0.3, 0.4) is 0 Å². The molecule has 0 fully saturated rings. The second-order valence-electron chi connectivity index (χ2n) is 8.16. The molecule has 0 aliphatic heterocycles. The molecule has 11 heteroatoms. The van der Waals surface area contributed by atoms with Crippen LogP contribution in [0.25, 0.3) is 22.6 Å². The minimum absolute atomic E-state index is 0.160. The first-order valence-corrected chi connectivity index (χ1v) is 12.7. The van der Waals surface area contributed by atoms with Crippen LogP contribution in [-0.2, 0) is 6.54 Å². The van der Waals surface area contributed by atoms with E-state index < -0.39 is 11.9 Å². The van der Waals surface area contributed by atoms with Crippen LogP contribution in [0.1, 0.15) is 26.4 Å². The molecule has 0 amide bonds. The van der Waals surface area contributed by atoms with Gasteiger partial charge >= 0.3 is 11.9 Å². The third-order valence-corrected chi connectivity index (χ3v) is 7.28. The zero-order valence-corrected chi connectivity index (χ0v) is 21.7. The first-order valence-electron chi connectivity index (χ1n) is 11.1. The Kier molecular flexibility index (Phi) is 7.15. The molecule has 3 aromatic carbocycles. The van der Waals surface area contributed by atoms with Crippen LogP contribution in [0.4, 0.5) is 10.8 Å². The molecule has 2 aromatic heterocycles. The number of hydrogen-bond acceptors (Lipinski definition) is 7. The van der Waals surface area contributed by atoms with Gasteiger partial charge in [0, 0.05) is 28.3 Å². The second-order valence-corrected chi connectivity index (χ2v) is 9.81. The highest BCUT2D eigenvalue weighted by atomic mass is 35.5. The van der Waals surface area contributed by atoms with Gasteiger partial charge in [0.25, 0.3) is 0 Å². The minimum Gasteiger partial charge on any atom is -0.478 e. The van der Waals surface area contributed by atoms with Crippen molar-refractivity contribution in [2.45, 2.75) is 6.54 Å². The number of benzene rings is 3. The SMILES string of the molecule is O=C(O)c1ccc(-c2csc(N(Cc3ccc(-c4cc(C(=O)O)no4)cc3)c3ccc(Cl)c(Cl)c3)n2)cc1. The molecule has 0 bridgehead atoms. The molecule has 0 saturated heterocycles. The summed E-state index contributed by atoms with van der Waals surface area (Å²) in [6.45, 7) is 0.444. The van der Waals surface area contributed by atoms with Crippen molar-refractivity contribution in [2.24, 2.45) is 0 Å². The van der Waals surface area contributed by atoms with Crippen LogP contribution in [0, 0.1) is 0 Å². The molecule has 0 aliphatic carbocycles. The highest BCUT2D eigenvalue weighted by Gasteiger charge is 2.18. The average Bonchev–Trinajstić information content (AvgIpc) is 3.60. The molecule has 0 atom stereocenters. The molecular formula is C27H17Cl2N3O5S. The summed E-state index contributed by atoms with van der Waals surface area (Å²) in [5.41, 5.74) is 3.97. The number of anilines is 2. The Morgan fingerprint density at radius 1 is 0.868 bits per heavy atom. The van der Waals surface area contributed by atoms with Crippen molar-refractivity contribution >= 4 is 57.3 Å².